The van der Waals surface area contributed by atoms with E-state index in [4.69, 9.17) is 11.6 Å². The van der Waals surface area contributed by atoms with Crippen molar-refractivity contribution in [2.24, 2.45) is 0 Å². The predicted molar refractivity (Wildman–Crippen MR) is 61.2 cm³/mol. The van der Waals surface area contributed by atoms with Gasteiger partial charge in [0.15, 0.2) is 5.65 Å². The Morgan fingerprint density at radius 3 is 2.94 bits per heavy atom. The van der Waals surface area contributed by atoms with Gasteiger partial charge in [-0.1, -0.05) is 17.7 Å². The molecule has 0 atom stereocenters. The molecule has 4 nitrogen and oxygen atoms in total. The van der Waals surface area contributed by atoms with Crippen LogP contribution in [0.5, 0.6) is 0 Å². The molecule has 16 heavy (non-hydrogen) atoms. The lowest BCUT2D eigenvalue weighted by Gasteiger charge is -2.03. The first-order valence-electron chi connectivity index (χ1n) is 4.75. The summed E-state index contributed by atoms with van der Waals surface area (Å²) in [5.74, 6) is 0. The van der Waals surface area contributed by atoms with Gasteiger partial charge < -0.3 is 0 Å². The molecule has 0 aliphatic carbocycles. The first-order valence-corrected chi connectivity index (χ1v) is 5.13. The van der Waals surface area contributed by atoms with Gasteiger partial charge in [0.2, 0.25) is 0 Å². The summed E-state index contributed by atoms with van der Waals surface area (Å²) in [6.07, 6.45) is 3.20. The molecule has 0 bridgehead atoms. The molecule has 0 saturated heterocycles. The molecule has 0 spiro atoms. The molecule has 0 N–H and O–H groups in total. The van der Waals surface area contributed by atoms with Crippen molar-refractivity contribution in [2.75, 3.05) is 0 Å². The van der Waals surface area contributed by atoms with Gasteiger partial charge in [-0.2, -0.15) is 5.10 Å². The maximum atomic E-state index is 5.86. The zero-order valence-electron chi connectivity index (χ0n) is 8.21. The highest BCUT2D eigenvalue weighted by Crippen LogP contribution is 2.21. The monoisotopic (exact) mass is 230 g/mol. The molecule has 0 radical (unpaired) electrons. The molecule has 0 unspecified atom stereocenters. The van der Waals surface area contributed by atoms with Crippen LogP contribution in [0.1, 0.15) is 0 Å². The third kappa shape index (κ3) is 1.44. The van der Waals surface area contributed by atoms with Crippen LogP contribution in [-0.4, -0.2) is 19.6 Å². The first-order chi connectivity index (χ1) is 7.84. The van der Waals surface area contributed by atoms with Crippen LogP contribution in [0.3, 0.4) is 0 Å². The van der Waals surface area contributed by atoms with E-state index in [-0.39, 0.29) is 0 Å². The zero-order valence-corrected chi connectivity index (χ0v) is 8.96. The molecule has 3 aromatic rings. The minimum atomic E-state index is 0.467. The fraction of sp³-hybridized carbons (Fsp3) is 0. The van der Waals surface area contributed by atoms with Crippen LogP contribution in [0.2, 0.25) is 5.15 Å². The predicted octanol–water partition coefficient (Wildman–Crippen LogP) is 2.44. The van der Waals surface area contributed by atoms with Gasteiger partial charge in [-0.3, -0.25) is 0 Å². The average Bonchev–Trinajstić information content (AvgIpc) is 2.76. The van der Waals surface area contributed by atoms with E-state index < -0.39 is 0 Å². The number of pyridine rings is 2. The van der Waals surface area contributed by atoms with Crippen LogP contribution in [0.4, 0.5) is 0 Å². The van der Waals surface area contributed by atoms with Gasteiger partial charge in [-0.25, -0.2) is 14.5 Å². The summed E-state index contributed by atoms with van der Waals surface area (Å²) in [5, 5.41) is 4.63. The normalized spacial score (nSPS) is 10.8. The lowest BCUT2D eigenvalue weighted by atomic mass is 10.2. The van der Waals surface area contributed by atoms with Crippen molar-refractivity contribution in [1.82, 2.24) is 19.6 Å². The van der Waals surface area contributed by atoms with Gasteiger partial charge in [-0.15, -0.1) is 0 Å². The summed E-state index contributed by atoms with van der Waals surface area (Å²) in [6.45, 7) is 0. The topological polar surface area (TPSA) is 43.1 Å². The van der Waals surface area contributed by atoms with E-state index in [2.05, 4.69) is 15.1 Å². The molecule has 3 heterocycles. The highest BCUT2D eigenvalue weighted by Gasteiger charge is 2.04. The van der Waals surface area contributed by atoms with Crippen LogP contribution in [-0.2, 0) is 0 Å². The van der Waals surface area contributed by atoms with Crippen LogP contribution in [0.15, 0.2) is 42.9 Å². The van der Waals surface area contributed by atoms with Gasteiger partial charge in [-0.05, 0) is 24.3 Å². The Labute approximate surface area is 96.5 Å². The zero-order chi connectivity index (χ0) is 11.0. The third-order valence-electron chi connectivity index (χ3n) is 2.32. The maximum absolute atomic E-state index is 5.86. The van der Waals surface area contributed by atoms with Crippen molar-refractivity contribution in [2.45, 2.75) is 0 Å². The molecule has 78 valence electrons. The van der Waals surface area contributed by atoms with Crippen molar-refractivity contribution in [3.8, 4) is 11.3 Å². The molecule has 0 aliphatic rings. The Balaban J connectivity index is 2.29. The molecular weight excluding hydrogens is 224 g/mol. The van der Waals surface area contributed by atoms with Gasteiger partial charge in [0.05, 0.1) is 5.69 Å². The number of fused-ring (bicyclic) bond motifs is 1. The number of nitrogens with zero attached hydrogens (tertiary/aromatic N) is 4. The first kappa shape index (κ1) is 9.30. The molecule has 0 fully saturated rings. The molecule has 0 amide bonds. The summed E-state index contributed by atoms with van der Waals surface area (Å²) >= 11 is 5.86. The van der Waals surface area contributed by atoms with E-state index in [0.29, 0.717) is 5.15 Å². The quantitative estimate of drug-likeness (QED) is 0.603. The van der Waals surface area contributed by atoms with E-state index >= 15 is 0 Å². The highest BCUT2D eigenvalue weighted by atomic mass is 35.5. The summed E-state index contributed by atoms with van der Waals surface area (Å²) in [6, 6.07) is 9.50. The number of aromatic nitrogens is 4. The van der Waals surface area contributed by atoms with E-state index in [1.165, 1.54) is 6.33 Å². The number of halogens is 1. The largest absolute Gasteiger partial charge is 0.245 e. The SMILES string of the molecule is Clc1cc(-c2cccc3ncnn23)ccn1. The van der Waals surface area contributed by atoms with E-state index in [1.54, 1.807) is 16.8 Å². The number of hydrogen-bond acceptors (Lipinski definition) is 3. The van der Waals surface area contributed by atoms with E-state index in [9.17, 15) is 0 Å². The minimum Gasteiger partial charge on any atom is -0.245 e. The minimum absolute atomic E-state index is 0.467. The standard InChI is InChI=1S/C11H7ClN4/c12-10-6-8(4-5-13-10)9-2-1-3-11-14-7-15-16(9)11/h1-7H. The Morgan fingerprint density at radius 2 is 2.06 bits per heavy atom. The summed E-state index contributed by atoms with van der Waals surface area (Å²) in [5.41, 5.74) is 2.72. The smallest absolute Gasteiger partial charge is 0.155 e. The van der Waals surface area contributed by atoms with Gasteiger partial charge in [0.1, 0.15) is 11.5 Å². The van der Waals surface area contributed by atoms with Crippen molar-refractivity contribution in [1.29, 1.82) is 0 Å². The second kappa shape index (κ2) is 3.57. The van der Waals surface area contributed by atoms with Gasteiger partial charge in [0.25, 0.3) is 0 Å². The Kier molecular flexibility index (Phi) is 2.08. The van der Waals surface area contributed by atoms with E-state index in [1.807, 2.05) is 24.3 Å². The van der Waals surface area contributed by atoms with Gasteiger partial charge in [0, 0.05) is 11.8 Å². The molecular formula is C11H7ClN4. The lowest BCUT2D eigenvalue weighted by Crippen LogP contribution is -1.93. The number of rotatable bonds is 1. The van der Waals surface area contributed by atoms with Crippen molar-refractivity contribution >= 4 is 17.2 Å². The van der Waals surface area contributed by atoms with Crippen LogP contribution >= 0.6 is 11.6 Å². The second-order valence-electron chi connectivity index (χ2n) is 3.31. The van der Waals surface area contributed by atoms with E-state index in [0.717, 1.165) is 16.9 Å². The molecule has 3 aromatic heterocycles. The van der Waals surface area contributed by atoms with Gasteiger partial charge >= 0.3 is 0 Å². The fourth-order valence-corrected chi connectivity index (χ4v) is 1.80. The molecule has 0 saturated carbocycles. The molecule has 0 aliphatic heterocycles. The fourth-order valence-electron chi connectivity index (χ4n) is 1.63. The second-order valence-corrected chi connectivity index (χ2v) is 3.70. The summed E-state index contributed by atoms with van der Waals surface area (Å²) < 4.78 is 1.77. The van der Waals surface area contributed by atoms with Crippen LogP contribution in [0.25, 0.3) is 16.9 Å². The Hall–Kier alpha value is -1.94. The van der Waals surface area contributed by atoms with Crippen molar-refractivity contribution < 1.29 is 0 Å². The Bertz CT molecular complexity index is 647. The molecule has 0 aromatic carbocycles. The van der Waals surface area contributed by atoms with Crippen LogP contribution in [0, 0.1) is 0 Å². The molecule has 3 rings (SSSR count). The van der Waals surface area contributed by atoms with Crippen molar-refractivity contribution in [3.05, 3.63) is 48.0 Å². The number of hydrogen-bond donors (Lipinski definition) is 0. The third-order valence-corrected chi connectivity index (χ3v) is 2.53. The molecule has 5 heteroatoms. The Morgan fingerprint density at radius 1 is 1.12 bits per heavy atom. The maximum Gasteiger partial charge on any atom is 0.155 e. The lowest BCUT2D eigenvalue weighted by molar-refractivity contribution is 0.969. The van der Waals surface area contributed by atoms with Crippen molar-refractivity contribution in [3.63, 3.8) is 0 Å². The summed E-state index contributed by atoms with van der Waals surface area (Å²) in [4.78, 5) is 8.08. The highest BCUT2D eigenvalue weighted by molar-refractivity contribution is 6.29. The van der Waals surface area contributed by atoms with Crippen LogP contribution < -0.4 is 0 Å². The summed E-state index contributed by atoms with van der Waals surface area (Å²) in [7, 11) is 0. The average molecular weight is 231 g/mol.